The first-order chi connectivity index (χ1) is 6.86. The Hall–Kier alpha value is -0.690. The molecule has 1 unspecified atom stereocenters. The van der Waals surface area contributed by atoms with Gasteiger partial charge in [-0.3, -0.25) is 0 Å². The predicted octanol–water partition coefficient (Wildman–Crippen LogP) is 4.06. The van der Waals surface area contributed by atoms with E-state index in [1.807, 2.05) is 11.8 Å². The highest BCUT2D eigenvalue weighted by Gasteiger charge is 2.08. The number of thioether (sulfide) groups is 1. The summed E-state index contributed by atoms with van der Waals surface area (Å²) < 4.78 is 0. The van der Waals surface area contributed by atoms with Gasteiger partial charge in [0.25, 0.3) is 0 Å². The van der Waals surface area contributed by atoms with Crippen molar-refractivity contribution in [1.82, 2.24) is 0 Å². The van der Waals surface area contributed by atoms with Gasteiger partial charge in [-0.1, -0.05) is 37.3 Å². The molecule has 1 heterocycles. The van der Waals surface area contributed by atoms with E-state index < -0.39 is 0 Å². The lowest BCUT2D eigenvalue weighted by Crippen LogP contribution is -1.95. The molecule has 0 saturated carbocycles. The van der Waals surface area contributed by atoms with E-state index in [-0.39, 0.29) is 0 Å². The van der Waals surface area contributed by atoms with E-state index in [1.54, 1.807) is 0 Å². The summed E-state index contributed by atoms with van der Waals surface area (Å²) in [5.41, 5.74) is 1.47. The maximum atomic E-state index is 2.32. The van der Waals surface area contributed by atoms with Crippen molar-refractivity contribution in [3.8, 4) is 0 Å². The molecule has 1 atom stereocenters. The minimum absolute atomic E-state index is 0.735. The normalized spacial score (nSPS) is 24.2. The number of hydrogen-bond acceptors (Lipinski definition) is 1. The lowest BCUT2D eigenvalue weighted by molar-refractivity contribution is 0.832. The van der Waals surface area contributed by atoms with Crippen LogP contribution < -0.4 is 0 Å². The Morgan fingerprint density at radius 1 is 1.21 bits per heavy atom. The van der Waals surface area contributed by atoms with Crippen molar-refractivity contribution in [1.29, 1.82) is 0 Å². The zero-order valence-electron chi connectivity index (χ0n) is 8.57. The maximum absolute atomic E-state index is 2.32. The molecule has 0 radical (unpaired) electrons. The summed E-state index contributed by atoms with van der Waals surface area (Å²) >= 11 is 2.02. The van der Waals surface area contributed by atoms with E-state index in [0.717, 1.165) is 11.7 Å². The molecular weight excluding hydrogens is 188 g/mol. The summed E-state index contributed by atoms with van der Waals surface area (Å²) in [4.78, 5) is 1.46. The Bertz CT molecular complexity index is 328. The summed E-state index contributed by atoms with van der Waals surface area (Å²) in [6.45, 7) is 2.32. The van der Waals surface area contributed by atoms with Gasteiger partial charge in [-0.05, 0) is 30.9 Å². The maximum Gasteiger partial charge on any atom is 0.0110 e. The summed E-state index contributed by atoms with van der Waals surface area (Å²) in [6, 6.07) is 8.76. The average molecular weight is 204 g/mol. The molecule has 0 spiro atoms. The van der Waals surface area contributed by atoms with Gasteiger partial charge < -0.3 is 0 Å². The Balaban J connectivity index is 2.28. The van der Waals surface area contributed by atoms with E-state index in [2.05, 4.69) is 43.3 Å². The van der Waals surface area contributed by atoms with Crippen molar-refractivity contribution in [2.45, 2.75) is 36.3 Å². The van der Waals surface area contributed by atoms with E-state index in [4.69, 9.17) is 0 Å². The lowest BCUT2D eigenvalue weighted by atomic mass is 10.1. The summed E-state index contributed by atoms with van der Waals surface area (Å²) in [5.74, 6) is 0. The van der Waals surface area contributed by atoms with Gasteiger partial charge in [0.1, 0.15) is 0 Å². The Morgan fingerprint density at radius 3 is 3.00 bits per heavy atom. The van der Waals surface area contributed by atoms with Crippen molar-refractivity contribution >= 4 is 11.8 Å². The van der Waals surface area contributed by atoms with Gasteiger partial charge in [-0.2, -0.15) is 0 Å². The fourth-order valence-corrected chi connectivity index (χ4v) is 2.87. The quantitative estimate of drug-likeness (QED) is 0.574. The molecule has 0 saturated heterocycles. The van der Waals surface area contributed by atoms with Gasteiger partial charge in [0, 0.05) is 10.1 Å². The Morgan fingerprint density at radius 2 is 2.07 bits per heavy atom. The monoisotopic (exact) mass is 204 g/mol. The summed E-state index contributed by atoms with van der Waals surface area (Å²) in [5, 5.41) is 0.735. The average Bonchev–Trinajstić information content (AvgIpc) is 2.27. The van der Waals surface area contributed by atoms with E-state index >= 15 is 0 Å². The lowest BCUT2D eigenvalue weighted by Gasteiger charge is -2.11. The van der Waals surface area contributed by atoms with Crippen molar-refractivity contribution in [3.05, 3.63) is 42.0 Å². The molecule has 14 heavy (non-hydrogen) atoms. The van der Waals surface area contributed by atoms with Gasteiger partial charge in [0.15, 0.2) is 0 Å². The molecule has 0 nitrogen and oxygen atoms in total. The van der Waals surface area contributed by atoms with Gasteiger partial charge in [0.2, 0.25) is 0 Å². The highest BCUT2D eigenvalue weighted by molar-refractivity contribution is 8.00. The van der Waals surface area contributed by atoms with Crippen LogP contribution in [0.3, 0.4) is 0 Å². The molecule has 1 heteroatoms. The topological polar surface area (TPSA) is 0 Å². The smallest absolute Gasteiger partial charge is 0.0110 e. The van der Waals surface area contributed by atoms with Crippen LogP contribution in [0.15, 0.2) is 41.3 Å². The number of benzene rings is 1. The molecular formula is C13H16S. The first-order valence-electron chi connectivity index (χ1n) is 5.26. The van der Waals surface area contributed by atoms with Gasteiger partial charge in [-0.15, -0.1) is 11.8 Å². The van der Waals surface area contributed by atoms with Crippen LogP contribution in [0.5, 0.6) is 0 Å². The number of rotatable bonds is 0. The van der Waals surface area contributed by atoms with Crippen LogP contribution in [0, 0.1) is 0 Å². The molecule has 0 fully saturated rings. The van der Waals surface area contributed by atoms with Crippen LogP contribution in [-0.4, -0.2) is 5.25 Å². The van der Waals surface area contributed by atoms with Crippen molar-refractivity contribution < 1.29 is 0 Å². The second-order valence-electron chi connectivity index (χ2n) is 3.79. The van der Waals surface area contributed by atoms with Gasteiger partial charge in [0.05, 0.1) is 0 Å². The molecule has 0 aliphatic carbocycles. The first kappa shape index (κ1) is 9.85. The zero-order chi connectivity index (χ0) is 9.80. The highest BCUT2D eigenvalue weighted by Crippen LogP contribution is 2.30. The van der Waals surface area contributed by atoms with Gasteiger partial charge >= 0.3 is 0 Å². The van der Waals surface area contributed by atoms with Crippen LogP contribution >= 0.6 is 11.8 Å². The molecule has 1 aliphatic heterocycles. The fourth-order valence-electron chi connectivity index (χ4n) is 1.72. The second kappa shape index (κ2) is 4.70. The molecule has 1 aromatic carbocycles. The molecule has 2 rings (SSSR count). The number of allylic oxidation sites excluding steroid dienone is 2. The van der Waals surface area contributed by atoms with Crippen LogP contribution in [0.4, 0.5) is 0 Å². The van der Waals surface area contributed by atoms with E-state index in [1.165, 1.54) is 23.3 Å². The molecule has 0 aromatic heterocycles. The third-order valence-electron chi connectivity index (χ3n) is 2.55. The van der Waals surface area contributed by atoms with Crippen LogP contribution in [-0.2, 0) is 6.42 Å². The largest absolute Gasteiger partial charge is 0.123 e. The Labute approximate surface area is 90.4 Å². The van der Waals surface area contributed by atoms with Crippen molar-refractivity contribution in [2.75, 3.05) is 0 Å². The third kappa shape index (κ3) is 2.42. The van der Waals surface area contributed by atoms with Gasteiger partial charge in [-0.25, -0.2) is 0 Å². The van der Waals surface area contributed by atoms with Crippen molar-refractivity contribution in [3.63, 3.8) is 0 Å². The minimum Gasteiger partial charge on any atom is -0.123 e. The fraction of sp³-hybridized carbons (Fsp3) is 0.385. The molecule has 0 amide bonds. The third-order valence-corrected chi connectivity index (χ3v) is 3.84. The molecule has 0 bridgehead atoms. The second-order valence-corrected chi connectivity index (χ2v) is 5.27. The number of fused-ring (bicyclic) bond motifs is 1. The summed E-state index contributed by atoms with van der Waals surface area (Å²) in [7, 11) is 0. The molecule has 1 aliphatic rings. The highest BCUT2D eigenvalue weighted by atomic mass is 32.2. The molecule has 1 aromatic rings. The van der Waals surface area contributed by atoms with Crippen LogP contribution in [0.1, 0.15) is 25.3 Å². The summed E-state index contributed by atoms with van der Waals surface area (Å²) in [6.07, 6.45) is 8.23. The Kier molecular flexibility index (Phi) is 3.30. The minimum atomic E-state index is 0.735. The van der Waals surface area contributed by atoms with E-state index in [0.29, 0.717) is 0 Å². The van der Waals surface area contributed by atoms with Crippen molar-refractivity contribution in [2.24, 2.45) is 0 Å². The number of hydrogen-bond donors (Lipinski definition) is 0. The molecule has 0 N–H and O–H groups in total. The first-order valence-corrected chi connectivity index (χ1v) is 6.14. The zero-order valence-corrected chi connectivity index (χ0v) is 9.39. The SMILES string of the molecule is CC1CC/C=C\Cc2ccccc2S1. The van der Waals surface area contributed by atoms with Crippen LogP contribution in [0.25, 0.3) is 0 Å². The predicted molar refractivity (Wildman–Crippen MR) is 63.8 cm³/mol. The molecule has 74 valence electrons. The van der Waals surface area contributed by atoms with E-state index in [9.17, 15) is 0 Å². The standard InChI is InChI=1S/C13H16S/c1-11-7-3-2-4-8-12-9-5-6-10-13(12)14-11/h2,4-6,9-11H,3,7-8H2,1H3/b4-2-. The van der Waals surface area contributed by atoms with Crippen LogP contribution in [0.2, 0.25) is 0 Å².